The van der Waals surface area contributed by atoms with E-state index in [-0.39, 0.29) is 5.91 Å². The first kappa shape index (κ1) is 14.8. The van der Waals surface area contributed by atoms with Gasteiger partial charge >= 0.3 is 0 Å². The van der Waals surface area contributed by atoms with Crippen LogP contribution in [-0.2, 0) is 4.79 Å². The highest BCUT2D eigenvalue weighted by Crippen LogP contribution is 2.30. The van der Waals surface area contributed by atoms with Gasteiger partial charge in [-0.05, 0) is 62.7 Å². The van der Waals surface area contributed by atoms with Crippen molar-refractivity contribution in [2.75, 3.05) is 0 Å². The molecule has 2 rings (SSSR count). The summed E-state index contributed by atoms with van der Waals surface area (Å²) in [5.74, 6) is 2.40. The molecule has 0 aliphatic heterocycles. The maximum absolute atomic E-state index is 12.1. The predicted octanol–water partition coefficient (Wildman–Crippen LogP) is 2.83. The first-order valence-corrected chi connectivity index (χ1v) is 8.09. The van der Waals surface area contributed by atoms with Crippen molar-refractivity contribution in [2.24, 2.45) is 23.5 Å². The zero-order valence-corrected chi connectivity index (χ0v) is 12.5. The minimum atomic E-state index is 0.271. The number of hydrogen-bond donors (Lipinski definition) is 2. The molecular formula is C16H30N2O. The maximum Gasteiger partial charge on any atom is 0.220 e. The van der Waals surface area contributed by atoms with Crippen molar-refractivity contribution in [1.29, 1.82) is 0 Å². The summed E-state index contributed by atoms with van der Waals surface area (Å²) in [5.41, 5.74) is 5.90. The Morgan fingerprint density at radius 3 is 2.37 bits per heavy atom. The third-order valence-corrected chi connectivity index (χ3v) is 5.33. The van der Waals surface area contributed by atoms with Crippen LogP contribution >= 0.6 is 0 Å². The third-order valence-electron chi connectivity index (χ3n) is 5.33. The highest BCUT2D eigenvalue weighted by molar-refractivity contribution is 5.76. The topological polar surface area (TPSA) is 55.1 Å². The average Bonchev–Trinajstić information content (AvgIpc) is 2.37. The van der Waals surface area contributed by atoms with Gasteiger partial charge in [-0.1, -0.05) is 13.8 Å². The van der Waals surface area contributed by atoms with Crippen LogP contribution in [0.2, 0.25) is 0 Å². The predicted molar refractivity (Wildman–Crippen MR) is 78.7 cm³/mol. The SMILES string of the molecule is CC1CCC(NC(=O)CC2CCC(N)CC2)CC1C. The zero-order chi connectivity index (χ0) is 13.8. The molecule has 19 heavy (non-hydrogen) atoms. The van der Waals surface area contributed by atoms with Crippen molar-refractivity contribution in [3.8, 4) is 0 Å². The molecule has 3 N–H and O–H groups in total. The summed E-state index contributed by atoms with van der Waals surface area (Å²) in [6.45, 7) is 4.64. The summed E-state index contributed by atoms with van der Waals surface area (Å²) in [4.78, 5) is 12.1. The average molecular weight is 266 g/mol. The van der Waals surface area contributed by atoms with Crippen LogP contribution in [0.3, 0.4) is 0 Å². The normalized spacial score (nSPS) is 39.8. The molecule has 2 saturated carbocycles. The second-order valence-corrected chi connectivity index (χ2v) is 7.02. The molecule has 3 heteroatoms. The molecule has 3 atom stereocenters. The standard InChI is InChI=1S/C16H30N2O/c1-11-3-8-15(9-12(11)2)18-16(19)10-13-4-6-14(17)7-5-13/h11-15H,3-10,17H2,1-2H3,(H,18,19). The van der Waals surface area contributed by atoms with E-state index in [0.717, 1.165) is 50.4 Å². The Labute approximate surface area is 117 Å². The van der Waals surface area contributed by atoms with Crippen molar-refractivity contribution in [3.63, 3.8) is 0 Å². The molecule has 3 unspecified atom stereocenters. The maximum atomic E-state index is 12.1. The number of nitrogens with two attached hydrogens (primary N) is 1. The summed E-state index contributed by atoms with van der Waals surface area (Å²) in [6, 6.07) is 0.796. The van der Waals surface area contributed by atoms with Crippen LogP contribution in [0.4, 0.5) is 0 Å². The van der Waals surface area contributed by atoms with Gasteiger partial charge in [-0.2, -0.15) is 0 Å². The summed E-state index contributed by atoms with van der Waals surface area (Å²) in [7, 11) is 0. The molecule has 0 spiro atoms. The van der Waals surface area contributed by atoms with Gasteiger partial charge in [0.25, 0.3) is 0 Å². The lowest BCUT2D eigenvalue weighted by Crippen LogP contribution is -2.40. The van der Waals surface area contributed by atoms with Gasteiger partial charge in [0.15, 0.2) is 0 Å². The summed E-state index contributed by atoms with van der Waals surface area (Å²) in [6.07, 6.45) is 8.73. The summed E-state index contributed by atoms with van der Waals surface area (Å²) < 4.78 is 0. The smallest absolute Gasteiger partial charge is 0.220 e. The first-order chi connectivity index (χ1) is 9.04. The molecule has 0 bridgehead atoms. The van der Waals surface area contributed by atoms with E-state index in [2.05, 4.69) is 19.2 Å². The van der Waals surface area contributed by atoms with E-state index in [1.807, 2.05) is 0 Å². The monoisotopic (exact) mass is 266 g/mol. The molecule has 110 valence electrons. The van der Waals surface area contributed by atoms with Gasteiger partial charge in [0.2, 0.25) is 5.91 Å². The lowest BCUT2D eigenvalue weighted by Gasteiger charge is -2.33. The Morgan fingerprint density at radius 1 is 1.05 bits per heavy atom. The molecule has 1 amide bonds. The third kappa shape index (κ3) is 4.48. The fraction of sp³-hybridized carbons (Fsp3) is 0.938. The van der Waals surface area contributed by atoms with Crippen LogP contribution in [0, 0.1) is 17.8 Å². The summed E-state index contributed by atoms with van der Waals surface area (Å²) >= 11 is 0. The number of rotatable bonds is 3. The van der Waals surface area contributed by atoms with E-state index in [1.54, 1.807) is 0 Å². The Kier molecular flexibility index (Phi) is 5.26. The largest absolute Gasteiger partial charge is 0.353 e. The number of nitrogens with one attached hydrogen (secondary N) is 1. The van der Waals surface area contributed by atoms with Gasteiger partial charge in [0.1, 0.15) is 0 Å². The Morgan fingerprint density at radius 2 is 1.74 bits per heavy atom. The molecule has 0 aromatic heterocycles. The molecule has 0 radical (unpaired) electrons. The number of amides is 1. The molecule has 2 aliphatic rings. The van der Waals surface area contributed by atoms with Gasteiger partial charge < -0.3 is 11.1 Å². The van der Waals surface area contributed by atoms with E-state index in [4.69, 9.17) is 5.73 Å². The van der Waals surface area contributed by atoms with Crippen LogP contribution in [0.1, 0.15) is 65.2 Å². The van der Waals surface area contributed by atoms with Gasteiger partial charge in [-0.15, -0.1) is 0 Å². The van der Waals surface area contributed by atoms with Crippen LogP contribution in [0.15, 0.2) is 0 Å². The zero-order valence-electron chi connectivity index (χ0n) is 12.5. The Balaban J connectivity index is 1.69. The van der Waals surface area contributed by atoms with Crippen molar-refractivity contribution in [3.05, 3.63) is 0 Å². The second-order valence-electron chi connectivity index (χ2n) is 7.02. The van der Waals surface area contributed by atoms with Crippen molar-refractivity contribution in [2.45, 2.75) is 77.3 Å². The molecule has 2 aliphatic carbocycles. The molecule has 0 saturated heterocycles. The van der Waals surface area contributed by atoms with Crippen molar-refractivity contribution < 1.29 is 4.79 Å². The van der Waals surface area contributed by atoms with Gasteiger partial charge in [0.05, 0.1) is 0 Å². The quantitative estimate of drug-likeness (QED) is 0.825. The highest BCUT2D eigenvalue weighted by atomic mass is 16.1. The van der Waals surface area contributed by atoms with Crippen LogP contribution < -0.4 is 11.1 Å². The molecule has 0 heterocycles. The first-order valence-electron chi connectivity index (χ1n) is 8.09. The van der Waals surface area contributed by atoms with Crippen molar-refractivity contribution in [1.82, 2.24) is 5.32 Å². The minimum Gasteiger partial charge on any atom is -0.353 e. The Bertz CT molecular complexity index is 297. The van der Waals surface area contributed by atoms with Gasteiger partial charge in [-0.25, -0.2) is 0 Å². The van der Waals surface area contributed by atoms with Gasteiger partial charge in [-0.3, -0.25) is 4.79 Å². The highest BCUT2D eigenvalue weighted by Gasteiger charge is 2.27. The second kappa shape index (κ2) is 6.74. The minimum absolute atomic E-state index is 0.271. The van der Waals surface area contributed by atoms with E-state index >= 15 is 0 Å². The number of hydrogen-bond acceptors (Lipinski definition) is 2. The van der Waals surface area contributed by atoms with E-state index in [9.17, 15) is 4.79 Å². The van der Waals surface area contributed by atoms with E-state index in [0.29, 0.717) is 24.4 Å². The Hall–Kier alpha value is -0.570. The molecule has 0 aromatic carbocycles. The van der Waals surface area contributed by atoms with E-state index < -0.39 is 0 Å². The fourth-order valence-electron chi connectivity index (χ4n) is 3.62. The van der Waals surface area contributed by atoms with Crippen LogP contribution in [0.25, 0.3) is 0 Å². The molecular weight excluding hydrogens is 236 g/mol. The number of carbonyl (C=O) groups excluding carboxylic acids is 1. The number of carbonyl (C=O) groups is 1. The van der Waals surface area contributed by atoms with Crippen LogP contribution in [0.5, 0.6) is 0 Å². The lowest BCUT2D eigenvalue weighted by atomic mass is 9.79. The van der Waals surface area contributed by atoms with E-state index in [1.165, 1.54) is 6.42 Å². The van der Waals surface area contributed by atoms with Gasteiger partial charge in [0, 0.05) is 18.5 Å². The van der Waals surface area contributed by atoms with Crippen LogP contribution in [-0.4, -0.2) is 18.0 Å². The van der Waals surface area contributed by atoms with Crippen molar-refractivity contribution >= 4 is 5.91 Å². The molecule has 0 aromatic rings. The lowest BCUT2D eigenvalue weighted by molar-refractivity contribution is -0.123. The molecule has 2 fully saturated rings. The fourth-order valence-corrected chi connectivity index (χ4v) is 3.62. The summed E-state index contributed by atoms with van der Waals surface area (Å²) in [5, 5.41) is 3.26. The molecule has 3 nitrogen and oxygen atoms in total.